The van der Waals surface area contributed by atoms with Gasteiger partial charge < -0.3 is 11.1 Å². The Balaban J connectivity index is 1.90. The first-order chi connectivity index (χ1) is 11.3. The molecule has 0 saturated carbocycles. The Morgan fingerprint density at radius 3 is 2.70 bits per heavy atom. The zero-order valence-corrected chi connectivity index (χ0v) is 13.6. The molecule has 2 heterocycles. The quantitative estimate of drug-likeness (QED) is 0.755. The molecule has 4 nitrogen and oxygen atoms in total. The van der Waals surface area contributed by atoms with Crippen molar-refractivity contribution >= 4 is 17.0 Å². The first kappa shape index (κ1) is 15.2. The number of pyridine rings is 1. The Hall–Kier alpha value is -2.66. The summed E-state index contributed by atoms with van der Waals surface area (Å²) in [6.07, 6.45) is 5.33. The zero-order chi connectivity index (χ0) is 16.1. The van der Waals surface area contributed by atoms with Gasteiger partial charge in [0.05, 0.1) is 27.8 Å². The lowest BCUT2D eigenvalue weighted by Crippen LogP contribution is -2.18. The van der Waals surface area contributed by atoms with Gasteiger partial charge in [-0.15, -0.1) is 11.3 Å². The van der Waals surface area contributed by atoms with E-state index in [1.54, 1.807) is 23.7 Å². The molecular formula is C18H18N4S. The molecule has 0 spiro atoms. The number of hydrogen-bond acceptors (Lipinski definition) is 5. The van der Waals surface area contributed by atoms with Crippen LogP contribution in [-0.2, 0) is 0 Å². The summed E-state index contributed by atoms with van der Waals surface area (Å²) in [7, 11) is 0. The fraction of sp³-hybridized carbons (Fsp3) is 0.111. The summed E-state index contributed by atoms with van der Waals surface area (Å²) < 4.78 is 0. The Labute approximate surface area is 139 Å². The van der Waals surface area contributed by atoms with E-state index < -0.39 is 0 Å². The summed E-state index contributed by atoms with van der Waals surface area (Å²) in [6, 6.07) is 14.1. The molecule has 0 fully saturated rings. The molecule has 23 heavy (non-hydrogen) atoms. The average molecular weight is 322 g/mol. The highest BCUT2D eigenvalue weighted by Crippen LogP contribution is 2.28. The lowest BCUT2D eigenvalue weighted by Gasteiger charge is -2.18. The number of hydrogen-bond donors (Lipinski definition) is 2. The number of benzene rings is 1. The lowest BCUT2D eigenvalue weighted by atomic mass is 10.0. The van der Waals surface area contributed by atoms with E-state index in [9.17, 15) is 0 Å². The van der Waals surface area contributed by atoms with E-state index >= 15 is 0 Å². The van der Waals surface area contributed by atoms with Crippen molar-refractivity contribution in [1.29, 1.82) is 0 Å². The van der Waals surface area contributed by atoms with E-state index in [2.05, 4.69) is 27.4 Å². The molecule has 1 atom stereocenters. The summed E-state index contributed by atoms with van der Waals surface area (Å²) in [6.45, 7) is 2.03. The van der Waals surface area contributed by atoms with E-state index in [0.29, 0.717) is 5.70 Å². The highest BCUT2D eigenvalue weighted by Gasteiger charge is 2.17. The van der Waals surface area contributed by atoms with Gasteiger partial charge in [-0.2, -0.15) is 0 Å². The monoisotopic (exact) mass is 322 g/mol. The lowest BCUT2D eigenvalue weighted by molar-refractivity contribution is 0.735. The molecular weight excluding hydrogens is 304 g/mol. The van der Waals surface area contributed by atoms with Crippen LogP contribution in [-0.4, -0.2) is 9.97 Å². The molecule has 3 aromatic rings. The van der Waals surface area contributed by atoms with Gasteiger partial charge in [-0.05, 0) is 24.6 Å². The van der Waals surface area contributed by atoms with Crippen molar-refractivity contribution in [1.82, 2.24) is 15.3 Å². The number of aryl methyl sites for hydroxylation is 1. The summed E-state index contributed by atoms with van der Waals surface area (Å²) >= 11 is 1.64. The molecule has 0 saturated heterocycles. The largest absolute Gasteiger partial charge is 0.397 e. The summed E-state index contributed by atoms with van der Waals surface area (Å²) in [4.78, 5) is 9.65. The Morgan fingerprint density at radius 1 is 1.22 bits per heavy atom. The maximum absolute atomic E-state index is 6.16. The second kappa shape index (κ2) is 7.07. The van der Waals surface area contributed by atoms with Gasteiger partial charge in [-0.25, -0.2) is 4.98 Å². The van der Waals surface area contributed by atoms with Crippen LogP contribution in [0.15, 0.2) is 66.6 Å². The second-order valence-corrected chi connectivity index (χ2v) is 6.04. The number of aromatic nitrogens is 2. The van der Waals surface area contributed by atoms with Crippen LogP contribution in [0.4, 0.5) is 0 Å². The molecule has 116 valence electrons. The maximum atomic E-state index is 6.16. The van der Waals surface area contributed by atoms with Gasteiger partial charge in [0.1, 0.15) is 0 Å². The minimum absolute atomic E-state index is 0.0268. The predicted octanol–water partition coefficient (Wildman–Crippen LogP) is 3.48. The summed E-state index contributed by atoms with van der Waals surface area (Å²) in [5.74, 6) is 0. The van der Waals surface area contributed by atoms with Crippen LogP contribution in [0, 0.1) is 6.92 Å². The Bertz CT molecular complexity index is 781. The molecule has 0 amide bonds. The van der Waals surface area contributed by atoms with E-state index in [1.165, 1.54) is 10.4 Å². The van der Waals surface area contributed by atoms with Crippen molar-refractivity contribution in [2.24, 2.45) is 5.73 Å². The number of thiazole rings is 1. The van der Waals surface area contributed by atoms with Gasteiger partial charge in [0.2, 0.25) is 0 Å². The molecule has 5 heteroatoms. The number of nitrogens with two attached hydrogens (primary N) is 1. The standard InChI is InChI=1S/C18H18N4S/c1-13-18(23-12-22-13)17(14-6-3-2-4-7-14)21-11-16(19)15-8-5-9-20-10-15/h2-12,17,21H,19H2,1H3/b16-11-. The minimum Gasteiger partial charge on any atom is -0.397 e. The molecule has 1 unspecified atom stereocenters. The first-order valence-corrected chi connectivity index (χ1v) is 8.20. The molecule has 2 aromatic heterocycles. The van der Waals surface area contributed by atoms with Crippen molar-refractivity contribution in [3.8, 4) is 0 Å². The molecule has 0 aliphatic carbocycles. The third kappa shape index (κ3) is 3.57. The third-order valence-corrected chi connectivity index (χ3v) is 4.57. The Morgan fingerprint density at radius 2 is 2.04 bits per heavy atom. The van der Waals surface area contributed by atoms with E-state index in [0.717, 1.165) is 11.3 Å². The van der Waals surface area contributed by atoms with Gasteiger partial charge in [0.15, 0.2) is 0 Å². The summed E-state index contributed by atoms with van der Waals surface area (Å²) in [5, 5.41) is 3.43. The molecule has 0 aliphatic heterocycles. The molecule has 0 bridgehead atoms. The minimum atomic E-state index is 0.0268. The number of nitrogens with one attached hydrogen (secondary N) is 1. The molecule has 3 N–H and O–H groups in total. The van der Waals surface area contributed by atoms with Crippen LogP contribution in [0.3, 0.4) is 0 Å². The molecule has 1 aromatic carbocycles. The van der Waals surface area contributed by atoms with Crippen LogP contribution in [0.25, 0.3) is 5.70 Å². The van der Waals surface area contributed by atoms with Gasteiger partial charge in [-0.1, -0.05) is 30.3 Å². The fourth-order valence-corrected chi connectivity index (χ4v) is 3.23. The number of nitrogens with zero attached hydrogens (tertiary/aromatic N) is 2. The van der Waals surface area contributed by atoms with Crippen LogP contribution in [0.2, 0.25) is 0 Å². The third-order valence-electron chi connectivity index (χ3n) is 3.58. The van der Waals surface area contributed by atoms with E-state index in [4.69, 9.17) is 5.73 Å². The predicted molar refractivity (Wildman–Crippen MR) is 94.7 cm³/mol. The van der Waals surface area contributed by atoms with Crippen LogP contribution < -0.4 is 11.1 Å². The van der Waals surface area contributed by atoms with Gasteiger partial charge in [0, 0.05) is 24.2 Å². The topological polar surface area (TPSA) is 63.8 Å². The Kier molecular flexibility index (Phi) is 4.68. The van der Waals surface area contributed by atoms with Crippen molar-refractivity contribution in [2.75, 3.05) is 0 Å². The van der Waals surface area contributed by atoms with Gasteiger partial charge >= 0.3 is 0 Å². The highest BCUT2D eigenvalue weighted by atomic mass is 32.1. The molecule has 0 aliphatic rings. The van der Waals surface area contributed by atoms with E-state index in [-0.39, 0.29) is 6.04 Å². The second-order valence-electron chi connectivity index (χ2n) is 5.15. The van der Waals surface area contributed by atoms with Crippen LogP contribution in [0.5, 0.6) is 0 Å². The van der Waals surface area contributed by atoms with Crippen molar-refractivity contribution in [3.05, 3.63) is 88.3 Å². The number of rotatable bonds is 5. The van der Waals surface area contributed by atoms with Gasteiger partial charge in [0.25, 0.3) is 0 Å². The molecule has 3 rings (SSSR count). The SMILES string of the molecule is Cc1ncsc1C(N/C=C(\N)c1cccnc1)c1ccccc1. The van der Waals surface area contributed by atoms with Crippen LogP contribution >= 0.6 is 11.3 Å². The van der Waals surface area contributed by atoms with Crippen LogP contribution in [0.1, 0.15) is 27.7 Å². The fourth-order valence-electron chi connectivity index (χ4n) is 2.35. The molecule has 0 radical (unpaired) electrons. The smallest absolute Gasteiger partial charge is 0.0875 e. The van der Waals surface area contributed by atoms with Crippen molar-refractivity contribution < 1.29 is 0 Å². The maximum Gasteiger partial charge on any atom is 0.0875 e. The van der Waals surface area contributed by atoms with Crippen molar-refractivity contribution in [3.63, 3.8) is 0 Å². The van der Waals surface area contributed by atoms with Gasteiger partial charge in [-0.3, -0.25) is 4.98 Å². The van der Waals surface area contributed by atoms with Crippen molar-refractivity contribution in [2.45, 2.75) is 13.0 Å². The first-order valence-electron chi connectivity index (χ1n) is 7.32. The van der Waals surface area contributed by atoms with E-state index in [1.807, 2.05) is 49.0 Å². The average Bonchev–Trinajstić information content (AvgIpc) is 3.03. The summed E-state index contributed by atoms with van der Waals surface area (Å²) in [5.41, 5.74) is 11.8. The normalized spacial score (nSPS) is 12.8. The highest BCUT2D eigenvalue weighted by molar-refractivity contribution is 7.09. The zero-order valence-electron chi connectivity index (χ0n) is 12.8.